The summed E-state index contributed by atoms with van der Waals surface area (Å²) in [5.41, 5.74) is 13.0. The van der Waals surface area contributed by atoms with Crippen LogP contribution in [0.3, 0.4) is 0 Å². The largest absolute Gasteiger partial charge is 0.310 e. The highest BCUT2D eigenvalue weighted by Crippen LogP contribution is 2.41. The van der Waals surface area contributed by atoms with Crippen molar-refractivity contribution in [2.45, 2.75) is 0 Å². The van der Waals surface area contributed by atoms with Crippen LogP contribution in [0.5, 0.6) is 0 Å². The van der Waals surface area contributed by atoms with Crippen molar-refractivity contribution in [3.63, 3.8) is 0 Å². The van der Waals surface area contributed by atoms with Crippen molar-refractivity contribution < 1.29 is 0 Å². The first-order valence-electron chi connectivity index (χ1n) is 20.3. The van der Waals surface area contributed by atoms with Gasteiger partial charge in [-0.15, -0.1) is 0 Å². The number of hydrogen-bond donors (Lipinski definition) is 0. The maximum atomic E-state index is 2.39. The molecule has 0 N–H and O–H groups in total. The minimum Gasteiger partial charge on any atom is -0.310 e. The summed E-state index contributed by atoms with van der Waals surface area (Å²) in [6.07, 6.45) is 0. The lowest BCUT2D eigenvalue weighted by molar-refractivity contribution is 1.29. The van der Waals surface area contributed by atoms with Crippen molar-refractivity contribution in [1.82, 2.24) is 0 Å². The van der Waals surface area contributed by atoms with Gasteiger partial charge in [0.2, 0.25) is 0 Å². The molecule has 0 saturated carbocycles. The fraction of sp³-hybridized carbons (Fsp3) is 0. The summed E-state index contributed by atoms with van der Waals surface area (Å²) in [7, 11) is 0. The van der Waals surface area contributed by atoms with Gasteiger partial charge in [0, 0.05) is 17.1 Å². The van der Waals surface area contributed by atoms with Gasteiger partial charge in [-0.05, 0) is 136 Å². The molecule has 0 heterocycles. The first-order chi connectivity index (χ1) is 29.2. The van der Waals surface area contributed by atoms with Crippen LogP contribution < -0.4 is 4.90 Å². The molecule has 1 heteroatoms. The van der Waals surface area contributed by atoms with E-state index in [4.69, 9.17) is 0 Å². The van der Waals surface area contributed by atoms with Crippen LogP contribution in [0, 0.1) is 0 Å². The summed E-state index contributed by atoms with van der Waals surface area (Å²) in [6, 6.07) is 86.3. The third kappa shape index (κ3) is 6.40. The summed E-state index contributed by atoms with van der Waals surface area (Å²) in [6.45, 7) is 0. The fourth-order valence-corrected chi connectivity index (χ4v) is 8.88. The fourth-order valence-electron chi connectivity index (χ4n) is 8.88. The van der Waals surface area contributed by atoms with E-state index in [1.54, 1.807) is 0 Å². The van der Waals surface area contributed by atoms with Gasteiger partial charge in [0.1, 0.15) is 0 Å². The van der Waals surface area contributed by atoms with Gasteiger partial charge in [0.05, 0.1) is 0 Å². The van der Waals surface area contributed by atoms with Crippen molar-refractivity contribution in [2.75, 3.05) is 4.90 Å². The van der Waals surface area contributed by atoms with Gasteiger partial charge in [0.25, 0.3) is 0 Å². The molecule has 0 aromatic heterocycles. The van der Waals surface area contributed by atoms with E-state index in [9.17, 15) is 0 Å². The van der Waals surface area contributed by atoms with E-state index in [-0.39, 0.29) is 0 Å². The molecule has 0 aliphatic carbocycles. The Kier molecular flexibility index (Phi) is 8.56. The predicted octanol–water partition coefficient (Wildman–Crippen LogP) is 16.4. The van der Waals surface area contributed by atoms with E-state index in [1.807, 2.05) is 0 Å². The molecule has 11 aromatic rings. The molecule has 0 unspecified atom stereocenters. The number of nitrogens with zero attached hydrogens (tertiary/aromatic N) is 1. The molecule has 0 bridgehead atoms. The molecule has 59 heavy (non-hydrogen) atoms. The Morgan fingerprint density at radius 1 is 0.203 bits per heavy atom. The molecule has 0 aliphatic rings. The van der Waals surface area contributed by atoms with Gasteiger partial charge in [-0.1, -0.05) is 188 Å². The number of benzene rings is 11. The van der Waals surface area contributed by atoms with Crippen LogP contribution in [-0.2, 0) is 0 Å². The average molecular weight is 750 g/mol. The minimum absolute atomic E-state index is 1.10. The second-order valence-electron chi connectivity index (χ2n) is 15.3. The van der Waals surface area contributed by atoms with Gasteiger partial charge in [-0.3, -0.25) is 0 Å². The Balaban J connectivity index is 1.02. The molecule has 1 nitrogen and oxygen atoms in total. The lowest BCUT2D eigenvalue weighted by atomic mass is 9.94. The quantitative estimate of drug-likeness (QED) is 0.147. The Hall–Kier alpha value is -7.74. The molecular weight excluding hydrogens is 711 g/mol. The van der Waals surface area contributed by atoms with Crippen LogP contribution in [-0.4, -0.2) is 0 Å². The standard InChI is InChI=1S/C58H39N/c1-2-12-40(13-3-1)45-26-27-47-38-52(34-30-46(47)36-45)59(51-20-9-19-49(39-51)56-24-11-25-57-54-22-7-5-15-43(54)31-35-58(56)57)50-32-28-41(29-33-50)44-17-8-18-48(37-44)55-23-10-16-42-14-4-6-21-53(42)55/h1-39H. The second-order valence-corrected chi connectivity index (χ2v) is 15.3. The average Bonchev–Trinajstić information content (AvgIpc) is 3.31. The zero-order valence-electron chi connectivity index (χ0n) is 32.5. The van der Waals surface area contributed by atoms with Crippen LogP contribution in [0.4, 0.5) is 17.1 Å². The summed E-state index contributed by atoms with van der Waals surface area (Å²) in [5, 5.41) is 10.00. The molecule has 0 fully saturated rings. The van der Waals surface area contributed by atoms with E-state index >= 15 is 0 Å². The van der Waals surface area contributed by atoms with Gasteiger partial charge < -0.3 is 4.90 Å². The molecule has 276 valence electrons. The van der Waals surface area contributed by atoms with Crippen molar-refractivity contribution in [1.29, 1.82) is 0 Å². The SMILES string of the molecule is c1ccc(-c2ccc3cc(N(c4ccc(-c5cccc(-c6cccc7ccccc67)c5)cc4)c4cccc(-c5cccc6c5ccc5ccccc56)c4)ccc3c2)cc1. The molecular formula is C58H39N. The van der Waals surface area contributed by atoms with Crippen LogP contribution >= 0.6 is 0 Å². The maximum absolute atomic E-state index is 2.39. The Morgan fingerprint density at radius 3 is 1.54 bits per heavy atom. The monoisotopic (exact) mass is 749 g/mol. The molecule has 0 spiro atoms. The van der Waals surface area contributed by atoms with Crippen LogP contribution in [0.1, 0.15) is 0 Å². The first kappa shape index (κ1) is 34.5. The van der Waals surface area contributed by atoms with E-state index in [0.29, 0.717) is 0 Å². The summed E-state index contributed by atoms with van der Waals surface area (Å²) >= 11 is 0. The smallest absolute Gasteiger partial charge is 0.0468 e. The van der Waals surface area contributed by atoms with Gasteiger partial charge in [-0.2, -0.15) is 0 Å². The first-order valence-corrected chi connectivity index (χ1v) is 20.3. The van der Waals surface area contributed by atoms with E-state index in [2.05, 4.69) is 241 Å². The molecule has 11 aromatic carbocycles. The van der Waals surface area contributed by atoms with Crippen LogP contribution in [0.2, 0.25) is 0 Å². The van der Waals surface area contributed by atoms with E-state index in [1.165, 1.54) is 87.6 Å². The molecule has 0 saturated heterocycles. The third-order valence-electron chi connectivity index (χ3n) is 11.8. The lowest BCUT2D eigenvalue weighted by Crippen LogP contribution is -2.10. The normalized spacial score (nSPS) is 11.4. The van der Waals surface area contributed by atoms with Crippen molar-refractivity contribution in [2.24, 2.45) is 0 Å². The minimum atomic E-state index is 1.10. The molecule has 0 radical (unpaired) electrons. The summed E-state index contributed by atoms with van der Waals surface area (Å²) in [4.78, 5) is 2.39. The molecule has 0 aliphatic heterocycles. The third-order valence-corrected chi connectivity index (χ3v) is 11.8. The van der Waals surface area contributed by atoms with E-state index < -0.39 is 0 Å². The summed E-state index contributed by atoms with van der Waals surface area (Å²) < 4.78 is 0. The highest BCUT2D eigenvalue weighted by atomic mass is 15.1. The van der Waals surface area contributed by atoms with Crippen LogP contribution in [0.25, 0.3) is 87.6 Å². The highest BCUT2D eigenvalue weighted by molar-refractivity contribution is 6.12. The zero-order chi connectivity index (χ0) is 39.1. The molecule has 0 amide bonds. The van der Waals surface area contributed by atoms with Crippen LogP contribution in [0.15, 0.2) is 237 Å². The highest BCUT2D eigenvalue weighted by Gasteiger charge is 2.16. The number of hydrogen-bond acceptors (Lipinski definition) is 1. The van der Waals surface area contributed by atoms with Crippen molar-refractivity contribution in [3.05, 3.63) is 237 Å². The lowest BCUT2D eigenvalue weighted by Gasteiger charge is -2.27. The number of rotatable bonds is 7. The Labute approximate surface area is 344 Å². The number of fused-ring (bicyclic) bond motifs is 5. The van der Waals surface area contributed by atoms with Gasteiger partial charge >= 0.3 is 0 Å². The van der Waals surface area contributed by atoms with E-state index in [0.717, 1.165) is 17.1 Å². The van der Waals surface area contributed by atoms with Gasteiger partial charge in [0.15, 0.2) is 0 Å². The van der Waals surface area contributed by atoms with Crippen molar-refractivity contribution >= 4 is 60.2 Å². The Morgan fingerprint density at radius 2 is 0.695 bits per heavy atom. The zero-order valence-corrected chi connectivity index (χ0v) is 32.5. The maximum Gasteiger partial charge on any atom is 0.0468 e. The van der Waals surface area contributed by atoms with Crippen molar-refractivity contribution in [3.8, 4) is 44.5 Å². The number of anilines is 3. The topological polar surface area (TPSA) is 3.24 Å². The molecule has 0 atom stereocenters. The second kappa shape index (κ2) is 14.6. The Bertz CT molecular complexity index is 3320. The molecule has 11 rings (SSSR count). The van der Waals surface area contributed by atoms with Gasteiger partial charge in [-0.25, -0.2) is 0 Å². The predicted molar refractivity (Wildman–Crippen MR) is 253 cm³/mol. The summed E-state index contributed by atoms with van der Waals surface area (Å²) in [5.74, 6) is 0.